The monoisotopic (exact) mass is 249 g/mol. The van der Waals surface area contributed by atoms with Crippen molar-refractivity contribution in [1.82, 2.24) is 0 Å². The Labute approximate surface area is 105 Å². The first-order valence-electron chi connectivity index (χ1n) is 5.39. The van der Waals surface area contributed by atoms with Crippen LogP contribution in [-0.2, 0) is 6.54 Å². The van der Waals surface area contributed by atoms with Gasteiger partial charge in [-0.3, -0.25) is 0 Å². The molecule has 1 nitrogen and oxygen atoms in total. The molecule has 0 spiro atoms. The minimum atomic E-state index is -0.245. The molecule has 0 amide bonds. The summed E-state index contributed by atoms with van der Waals surface area (Å²) in [4.78, 5) is 0. The molecule has 0 aliphatic heterocycles. The van der Waals surface area contributed by atoms with E-state index in [4.69, 9.17) is 11.6 Å². The Morgan fingerprint density at radius 3 is 2.71 bits per heavy atom. The molecule has 2 aromatic carbocycles. The predicted molar refractivity (Wildman–Crippen MR) is 69.9 cm³/mol. The van der Waals surface area contributed by atoms with Gasteiger partial charge in [-0.05, 0) is 42.3 Å². The Bertz CT molecular complexity index is 525. The minimum absolute atomic E-state index is 0.245. The first-order chi connectivity index (χ1) is 8.15. The summed E-state index contributed by atoms with van der Waals surface area (Å²) in [6.45, 7) is 2.58. The van der Waals surface area contributed by atoms with Gasteiger partial charge in [0.25, 0.3) is 0 Å². The van der Waals surface area contributed by atoms with E-state index in [2.05, 4.69) is 5.32 Å². The van der Waals surface area contributed by atoms with Gasteiger partial charge in [0.1, 0.15) is 5.82 Å². The van der Waals surface area contributed by atoms with Crippen molar-refractivity contribution in [2.24, 2.45) is 0 Å². The Hall–Kier alpha value is -1.54. The van der Waals surface area contributed by atoms with E-state index in [9.17, 15) is 4.39 Å². The van der Waals surface area contributed by atoms with Crippen molar-refractivity contribution >= 4 is 17.3 Å². The van der Waals surface area contributed by atoms with E-state index in [-0.39, 0.29) is 5.82 Å². The predicted octanol–water partition coefficient (Wildman–Crippen LogP) is 4.40. The number of rotatable bonds is 3. The van der Waals surface area contributed by atoms with Gasteiger partial charge >= 0.3 is 0 Å². The van der Waals surface area contributed by atoms with Gasteiger partial charge in [-0.1, -0.05) is 29.8 Å². The normalized spacial score (nSPS) is 10.3. The van der Waals surface area contributed by atoms with Crippen LogP contribution in [-0.4, -0.2) is 0 Å². The fourth-order valence-corrected chi connectivity index (χ4v) is 1.89. The van der Waals surface area contributed by atoms with Gasteiger partial charge in [0, 0.05) is 17.3 Å². The minimum Gasteiger partial charge on any atom is -0.381 e. The summed E-state index contributed by atoms with van der Waals surface area (Å²) in [5, 5.41) is 3.87. The lowest BCUT2D eigenvalue weighted by Gasteiger charge is -2.08. The fourth-order valence-electron chi connectivity index (χ4n) is 1.59. The topological polar surface area (TPSA) is 12.0 Å². The van der Waals surface area contributed by atoms with E-state index in [1.54, 1.807) is 6.07 Å². The first kappa shape index (κ1) is 11.9. The zero-order valence-corrected chi connectivity index (χ0v) is 10.3. The van der Waals surface area contributed by atoms with Crippen LogP contribution >= 0.6 is 11.6 Å². The highest BCUT2D eigenvalue weighted by molar-refractivity contribution is 6.31. The molecule has 0 radical (unpaired) electrons. The average molecular weight is 250 g/mol. The van der Waals surface area contributed by atoms with Crippen LogP contribution in [0.5, 0.6) is 0 Å². The molecule has 17 heavy (non-hydrogen) atoms. The summed E-state index contributed by atoms with van der Waals surface area (Å²) >= 11 is 6.11. The summed E-state index contributed by atoms with van der Waals surface area (Å²) in [5.41, 5.74) is 2.88. The van der Waals surface area contributed by atoms with Crippen molar-refractivity contribution in [3.05, 3.63) is 64.4 Å². The van der Waals surface area contributed by atoms with Crippen LogP contribution in [0.25, 0.3) is 0 Å². The van der Waals surface area contributed by atoms with Crippen LogP contribution in [0.15, 0.2) is 42.5 Å². The fraction of sp³-hybridized carbons (Fsp3) is 0.143. The molecule has 0 fully saturated rings. The molecule has 0 heterocycles. The second-order valence-electron chi connectivity index (χ2n) is 3.96. The van der Waals surface area contributed by atoms with Crippen molar-refractivity contribution in [3.63, 3.8) is 0 Å². The Balaban J connectivity index is 2.07. The van der Waals surface area contributed by atoms with Crippen LogP contribution in [0.3, 0.4) is 0 Å². The van der Waals surface area contributed by atoms with E-state index in [1.165, 1.54) is 12.1 Å². The van der Waals surface area contributed by atoms with Gasteiger partial charge in [-0.25, -0.2) is 4.39 Å². The van der Waals surface area contributed by atoms with Gasteiger partial charge in [-0.2, -0.15) is 0 Å². The second-order valence-corrected chi connectivity index (χ2v) is 4.37. The van der Waals surface area contributed by atoms with Crippen LogP contribution < -0.4 is 5.32 Å². The summed E-state index contributed by atoms with van der Waals surface area (Å²) in [7, 11) is 0. The van der Waals surface area contributed by atoms with Crippen molar-refractivity contribution in [2.75, 3.05) is 5.32 Å². The molecule has 0 saturated heterocycles. The van der Waals surface area contributed by atoms with Gasteiger partial charge in [0.2, 0.25) is 0 Å². The third-order valence-electron chi connectivity index (χ3n) is 2.52. The summed E-state index contributed by atoms with van der Waals surface area (Å²) in [6, 6.07) is 12.3. The Kier molecular flexibility index (Phi) is 3.64. The van der Waals surface area contributed by atoms with E-state index >= 15 is 0 Å². The van der Waals surface area contributed by atoms with Crippen molar-refractivity contribution < 1.29 is 4.39 Å². The molecule has 1 N–H and O–H groups in total. The lowest BCUT2D eigenvalue weighted by Crippen LogP contribution is -2.00. The molecule has 0 aromatic heterocycles. The molecule has 3 heteroatoms. The molecular formula is C14H13ClFN. The SMILES string of the molecule is Cc1ccc(CNc2cccc(F)c2)c(Cl)c1. The second kappa shape index (κ2) is 5.19. The van der Waals surface area contributed by atoms with Gasteiger partial charge < -0.3 is 5.32 Å². The van der Waals surface area contributed by atoms with Gasteiger partial charge in [-0.15, -0.1) is 0 Å². The maximum Gasteiger partial charge on any atom is 0.125 e. The van der Waals surface area contributed by atoms with Crippen LogP contribution in [0.4, 0.5) is 10.1 Å². The molecular weight excluding hydrogens is 237 g/mol. The Morgan fingerprint density at radius 1 is 1.18 bits per heavy atom. The zero-order chi connectivity index (χ0) is 12.3. The lowest BCUT2D eigenvalue weighted by molar-refractivity contribution is 0.628. The number of anilines is 1. The highest BCUT2D eigenvalue weighted by atomic mass is 35.5. The summed E-state index contributed by atoms with van der Waals surface area (Å²) in [6.07, 6.45) is 0. The number of aryl methyl sites for hydroxylation is 1. The molecule has 0 aliphatic rings. The zero-order valence-electron chi connectivity index (χ0n) is 9.50. The van der Waals surface area contributed by atoms with E-state index < -0.39 is 0 Å². The third kappa shape index (κ3) is 3.21. The molecule has 2 aromatic rings. The standard InChI is InChI=1S/C14H13ClFN/c1-10-5-6-11(14(15)7-10)9-17-13-4-2-3-12(16)8-13/h2-8,17H,9H2,1H3. The smallest absolute Gasteiger partial charge is 0.125 e. The average Bonchev–Trinajstić information content (AvgIpc) is 2.28. The highest BCUT2D eigenvalue weighted by Gasteiger charge is 2.00. The first-order valence-corrected chi connectivity index (χ1v) is 5.77. The Morgan fingerprint density at radius 2 is 2.00 bits per heavy atom. The molecule has 0 bridgehead atoms. The molecule has 88 valence electrons. The van der Waals surface area contributed by atoms with Gasteiger partial charge in [0.15, 0.2) is 0 Å². The molecule has 2 rings (SSSR count). The van der Waals surface area contributed by atoms with E-state index in [0.717, 1.165) is 21.8 Å². The molecule has 0 unspecified atom stereocenters. The number of nitrogens with one attached hydrogen (secondary N) is 1. The number of benzene rings is 2. The van der Waals surface area contributed by atoms with Crippen LogP contribution in [0.1, 0.15) is 11.1 Å². The van der Waals surface area contributed by atoms with Gasteiger partial charge in [0.05, 0.1) is 0 Å². The lowest BCUT2D eigenvalue weighted by atomic mass is 10.1. The largest absolute Gasteiger partial charge is 0.381 e. The number of hydrogen-bond acceptors (Lipinski definition) is 1. The highest BCUT2D eigenvalue weighted by Crippen LogP contribution is 2.19. The summed E-state index contributed by atoms with van der Waals surface area (Å²) in [5.74, 6) is -0.245. The molecule has 0 saturated carbocycles. The van der Waals surface area contributed by atoms with Crippen molar-refractivity contribution in [2.45, 2.75) is 13.5 Å². The molecule has 0 aliphatic carbocycles. The van der Waals surface area contributed by atoms with Crippen molar-refractivity contribution in [1.29, 1.82) is 0 Å². The maximum absolute atomic E-state index is 13.0. The summed E-state index contributed by atoms with van der Waals surface area (Å²) < 4.78 is 13.0. The van der Waals surface area contributed by atoms with Crippen LogP contribution in [0, 0.1) is 12.7 Å². The van der Waals surface area contributed by atoms with E-state index in [0.29, 0.717) is 6.54 Å². The quantitative estimate of drug-likeness (QED) is 0.850. The van der Waals surface area contributed by atoms with Crippen molar-refractivity contribution in [3.8, 4) is 0 Å². The third-order valence-corrected chi connectivity index (χ3v) is 2.87. The van der Waals surface area contributed by atoms with E-state index in [1.807, 2.05) is 31.2 Å². The number of halogens is 2. The van der Waals surface area contributed by atoms with Crippen LogP contribution in [0.2, 0.25) is 5.02 Å². The number of hydrogen-bond donors (Lipinski definition) is 1. The molecule has 0 atom stereocenters. The maximum atomic E-state index is 13.0.